The number of nitrogens with one attached hydrogen (secondary N) is 2. The Morgan fingerprint density at radius 3 is 3.04 bits per heavy atom. The van der Waals surface area contributed by atoms with Crippen molar-refractivity contribution in [1.29, 1.82) is 0 Å². The molecule has 26 heavy (non-hydrogen) atoms. The van der Waals surface area contributed by atoms with Crippen molar-refractivity contribution in [3.8, 4) is 0 Å². The van der Waals surface area contributed by atoms with Gasteiger partial charge in [-0.1, -0.05) is 12.1 Å². The van der Waals surface area contributed by atoms with Crippen LogP contribution in [-0.4, -0.2) is 25.7 Å². The predicted octanol–water partition coefficient (Wildman–Crippen LogP) is 2.61. The average molecular weight is 347 g/mol. The van der Waals surface area contributed by atoms with E-state index in [2.05, 4.69) is 20.5 Å². The zero-order chi connectivity index (χ0) is 18.1. The van der Waals surface area contributed by atoms with E-state index in [1.807, 2.05) is 37.3 Å². The number of fused-ring (bicyclic) bond motifs is 2. The van der Waals surface area contributed by atoms with Crippen LogP contribution in [0.1, 0.15) is 12.0 Å². The Labute approximate surface area is 148 Å². The molecule has 0 radical (unpaired) electrons. The molecule has 4 rings (SSSR count). The fraction of sp³-hybridized carbons (Fsp3) is 0.158. The summed E-state index contributed by atoms with van der Waals surface area (Å²) in [5.74, 6) is -0.163. The third kappa shape index (κ3) is 2.95. The summed E-state index contributed by atoms with van der Waals surface area (Å²) in [6, 6.07) is 11.0. The Balaban J connectivity index is 1.48. The fourth-order valence-corrected chi connectivity index (χ4v) is 2.96. The number of benzene rings is 2. The molecule has 1 amide bonds. The summed E-state index contributed by atoms with van der Waals surface area (Å²) in [5, 5.41) is 11.2. The van der Waals surface area contributed by atoms with E-state index in [0.29, 0.717) is 16.6 Å². The van der Waals surface area contributed by atoms with Gasteiger partial charge in [-0.25, -0.2) is 4.98 Å². The van der Waals surface area contributed by atoms with Crippen molar-refractivity contribution < 1.29 is 4.79 Å². The minimum Gasteiger partial charge on any atom is -0.326 e. The first-order chi connectivity index (χ1) is 12.6. The number of aromatic amines is 1. The van der Waals surface area contributed by atoms with Gasteiger partial charge in [0.05, 0.1) is 28.9 Å². The van der Waals surface area contributed by atoms with Crippen molar-refractivity contribution in [3.63, 3.8) is 0 Å². The molecule has 0 spiro atoms. The molecule has 2 heterocycles. The molecule has 0 saturated heterocycles. The minimum atomic E-state index is -0.163. The smallest absolute Gasteiger partial charge is 0.261 e. The van der Waals surface area contributed by atoms with E-state index in [9.17, 15) is 9.59 Å². The molecule has 7 nitrogen and oxygen atoms in total. The number of para-hydroxylation sites is 1. The summed E-state index contributed by atoms with van der Waals surface area (Å²) >= 11 is 0. The van der Waals surface area contributed by atoms with Gasteiger partial charge in [-0.15, -0.1) is 0 Å². The number of anilines is 1. The summed E-state index contributed by atoms with van der Waals surface area (Å²) in [4.78, 5) is 29.1. The lowest BCUT2D eigenvalue weighted by Gasteiger charge is -2.08. The number of carbonyl (C=O) groups excluding carboxylic acids is 1. The number of H-pyrrole nitrogens is 1. The van der Waals surface area contributed by atoms with Crippen LogP contribution in [0.25, 0.3) is 21.8 Å². The van der Waals surface area contributed by atoms with E-state index in [1.165, 1.54) is 10.9 Å². The van der Waals surface area contributed by atoms with Crippen LogP contribution in [0.15, 0.2) is 53.7 Å². The van der Waals surface area contributed by atoms with Crippen LogP contribution in [0.3, 0.4) is 0 Å². The van der Waals surface area contributed by atoms with Crippen LogP contribution in [-0.2, 0) is 11.3 Å². The van der Waals surface area contributed by atoms with Crippen LogP contribution < -0.4 is 10.9 Å². The number of rotatable bonds is 4. The molecule has 7 heteroatoms. The highest BCUT2D eigenvalue weighted by atomic mass is 16.1. The van der Waals surface area contributed by atoms with E-state index < -0.39 is 0 Å². The number of hydrogen-bond donors (Lipinski definition) is 2. The highest BCUT2D eigenvalue weighted by molar-refractivity contribution is 5.93. The number of aryl methyl sites for hydroxylation is 2. The van der Waals surface area contributed by atoms with Crippen molar-refractivity contribution in [3.05, 3.63) is 64.8 Å². The second kappa shape index (κ2) is 6.44. The summed E-state index contributed by atoms with van der Waals surface area (Å²) in [7, 11) is 0. The molecular weight excluding hydrogens is 330 g/mol. The molecular formula is C19H17N5O2. The Morgan fingerprint density at radius 1 is 1.27 bits per heavy atom. The maximum atomic E-state index is 12.5. The van der Waals surface area contributed by atoms with E-state index in [0.717, 1.165) is 16.5 Å². The summed E-state index contributed by atoms with van der Waals surface area (Å²) in [6.07, 6.45) is 3.39. The molecule has 4 aromatic rings. The Kier molecular flexibility index (Phi) is 3.96. The number of amides is 1. The Hall–Kier alpha value is -3.48. The van der Waals surface area contributed by atoms with Gasteiger partial charge in [-0.2, -0.15) is 5.10 Å². The van der Waals surface area contributed by atoms with Crippen molar-refractivity contribution in [1.82, 2.24) is 19.7 Å². The molecule has 0 fully saturated rings. The number of hydrogen-bond acceptors (Lipinski definition) is 4. The van der Waals surface area contributed by atoms with Gasteiger partial charge < -0.3 is 5.32 Å². The predicted molar refractivity (Wildman–Crippen MR) is 100 cm³/mol. The second-order valence-electron chi connectivity index (χ2n) is 6.18. The highest BCUT2D eigenvalue weighted by Gasteiger charge is 2.08. The topological polar surface area (TPSA) is 92.7 Å². The molecule has 130 valence electrons. The largest absolute Gasteiger partial charge is 0.326 e. The van der Waals surface area contributed by atoms with Crippen molar-refractivity contribution in [2.75, 3.05) is 5.32 Å². The van der Waals surface area contributed by atoms with Crippen LogP contribution in [0.4, 0.5) is 5.69 Å². The molecule has 0 unspecified atom stereocenters. The van der Waals surface area contributed by atoms with E-state index in [4.69, 9.17) is 0 Å². The maximum Gasteiger partial charge on any atom is 0.261 e. The third-order valence-corrected chi connectivity index (χ3v) is 4.36. The maximum absolute atomic E-state index is 12.5. The zero-order valence-electron chi connectivity index (χ0n) is 14.2. The summed E-state index contributed by atoms with van der Waals surface area (Å²) in [6.45, 7) is 2.19. The van der Waals surface area contributed by atoms with Gasteiger partial charge in [0.25, 0.3) is 5.56 Å². The molecule has 2 N–H and O–H groups in total. The first-order valence-corrected chi connectivity index (χ1v) is 8.29. The summed E-state index contributed by atoms with van der Waals surface area (Å²) < 4.78 is 1.47. The average Bonchev–Trinajstić information content (AvgIpc) is 3.09. The first-order valence-electron chi connectivity index (χ1n) is 8.29. The molecule has 0 bridgehead atoms. The number of nitrogens with zero attached hydrogens (tertiary/aromatic N) is 3. The SMILES string of the molecule is Cc1cccc2c(=O)n(CCC(=O)Nc3ccc4[nH]ncc4c3)cnc12. The van der Waals surface area contributed by atoms with Gasteiger partial charge >= 0.3 is 0 Å². The van der Waals surface area contributed by atoms with Crippen LogP contribution in [0.5, 0.6) is 0 Å². The first kappa shape index (κ1) is 16.0. The van der Waals surface area contributed by atoms with Crippen LogP contribution >= 0.6 is 0 Å². The Morgan fingerprint density at radius 2 is 2.15 bits per heavy atom. The fourth-order valence-electron chi connectivity index (χ4n) is 2.96. The quantitative estimate of drug-likeness (QED) is 0.593. The van der Waals surface area contributed by atoms with Crippen molar-refractivity contribution in [2.24, 2.45) is 0 Å². The van der Waals surface area contributed by atoms with Gasteiger partial charge in [-0.05, 0) is 36.8 Å². The van der Waals surface area contributed by atoms with Gasteiger partial charge in [0.2, 0.25) is 5.91 Å². The van der Waals surface area contributed by atoms with E-state index in [1.54, 1.807) is 12.3 Å². The molecule has 0 aliphatic heterocycles. The molecule has 0 saturated carbocycles. The lowest BCUT2D eigenvalue weighted by molar-refractivity contribution is -0.116. The van der Waals surface area contributed by atoms with Crippen LogP contribution in [0, 0.1) is 6.92 Å². The van der Waals surface area contributed by atoms with Gasteiger partial charge in [0.1, 0.15) is 0 Å². The number of carbonyl (C=O) groups is 1. The zero-order valence-corrected chi connectivity index (χ0v) is 14.2. The molecule has 2 aromatic heterocycles. The van der Waals surface area contributed by atoms with Crippen LogP contribution in [0.2, 0.25) is 0 Å². The monoisotopic (exact) mass is 347 g/mol. The molecule has 2 aromatic carbocycles. The molecule has 0 aliphatic carbocycles. The van der Waals surface area contributed by atoms with Crippen molar-refractivity contribution in [2.45, 2.75) is 19.9 Å². The number of aromatic nitrogens is 4. The van der Waals surface area contributed by atoms with E-state index in [-0.39, 0.29) is 24.4 Å². The highest BCUT2D eigenvalue weighted by Crippen LogP contribution is 2.17. The minimum absolute atomic E-state index is 0.133. The lowest BCUT2D eigenvalue weighted by Crippen LogP contribution is -2.23. The normalized spacial score (nSPS) is 11.1. The van der Waals surface area contributed by atoms with Gasteiger partial charge in [0.15, 0.2) is 0 Å². The lowest BCUT2D eigenvalue weighted by atomic mass is 10.1. The molecule has 0 aliphatic rings. The van der Waals surface area contributed by atoms with Gasteiger partial charge in [-0.3, -0.25) is 19.3 Å². The van der Waals surface area contributed by atoms with Gasteiger partial charge in [0, 0.05) is 24.0 Å². The second-order valence-corrected chi connectivity index (χ2v) is 6.18. The Bertz CT molecular complexity index is 1180. The molecule has 0 atom stereocenters. The standard InChI is InChI=1S/C19H17N5O2/c1-12-3-2-4-15-18(12)20-11-24(19(15)26)8-7-17(25)22-14-5-6-16-13(9-14)10-21-23-16/h2-6,9-11H,7-8H2,1H3,(H,21,23)(H,22,25). The van der Waals surface area contributed by atoms with E-state index >= 15 is 0 Å². The third-order valence-electron chi connectivity index (χ3n) is 4.36. The van der Waals surface area contributed by atoms with Crippen molar-refractivity contribution >= 4 is 33.4 Å². The summed E-state index contributed by atoms with van der Waals surface area (Å²) in [5.41, 5.74) is 3.13.